The molecule has 1 fully saturated rings. The summed E-state index contributed by atoms with van der Waals surface area (Å²) in [7, 11) is 0. The fourth-order valence-corrected chi connectivity index (χ4v) is 2.23. The number of esters is 1. The first kappa shape index (κ1) is 15.8. The number of carbonyl (C=O) groups is 3. The minimum Gasteiger partial charge on any atom is -0.463 e. The molecule has 0 unspecified atom stereocenters. The molecule has 1 aliphatic heterocycles. The number of hydrogen-bond acceptors (Lipinski definition) is 4. The quantitative estimate of drug-likeness (QED) is 0.682. The number of benzene rings is 1. The van der Waals surface area contributed by atoms with Crippen molar-refractivity contribution in [2.24, 2.45) is 0 Å². The molecule has 0 aromatic heterocycles. The maximum absolute atomic E-state index is 11.8. The summed E-state index contributed by atoms with van der Waals surface area (Å²) in [5.41, 5.74) is 2.47. The van der Waals surface area contributed by atoms with Crippen LogP contribution in [0.25, 0.3) is 6.08 Å². The van der Waals surface area contributed by atoms with Crippen molar-refractivity contribution in [3.05, 3.63) is 35.4 Å². The molecule has 0 spiro atoms. The summed E-state index contributed by atoms with van der Waals surface area (Å²) in [4.78, 5) is 35.9. The Labute approximate surface area is 128 Å². The smallest absolute Gasteiger partial charge is 0.330 e. The van der Waals surface area contributed by atoms with Crippen molar-refractivity contribution in [2.75, 3.05) is 18.1 Å². The molecule has 2 rings (SSSR count). The van der Waals surface area contributed by atoms with Crippen molar-refractivity contribution in [1.82, 2.24) is 5.32 Å². The molecule has 0 atom stereocenters. The maximum Gasteiger partial charge on any atom is 0.330 e. The molecule has 1 heterocycles. The van der Waals surface area contributed by atoms with E-state index < -0.39 is 12.0 Å². The third-order valence-corrected chi connectivity index (χ3v) is 3.26. The van der Waals surface area contributed by atoms with Crippen molar-refractivity contribution >= 4 is 29.7 Å². The fourth-order valence-electron chi connectivity index (χ4n) is 2.23. The van der Waals surface area contributed by atoms with Gasteiger partial charge in [-0.05, 0) is 43.2 Å². The number of aryl methyl sites for hydroxylation is 1. The van der Waals surface area contributed by atoms with Gasteiger partial charge in [-0.1, -0.05) is 6.07 Å². The average Bonchev–Trinajstić information content (AvgIpc) is 2.46. The van der Waals surface area contributed by atoms with Crippen LogP contribution in [0.1, 0.15) is 24.5 Å². The van der Waals surface area contributed by atoms with Crippen LogP contribution in [0.3, 0.4) is 0 Å². The molecule has 1 aliphatic rings. The number of anilines is 1. The average molecular weight is 302 g/mol. The van der Waals surface area contributed by atoms with Gasteiger partial charge in [0.1, 0.15) is 0 Å². The van der Waals surface area contributed by atoms with E-state index in [1.54, 1.807) is 19.1 Å². The van der Waals surface area contributed by atoms with Gasteiger partial charge in [-0.25, -0.2) is 9.59 Å². The second-order valence-electron chi connectivity index (χ2n) is 4.89. The normalized spacial score (nSPS) is 15.1. The Kier molecular flexibility index (Phi) is 4.93. The van der Waals surface area contributed by atoms with Crippen molar-refractivity contribution in [3.63, 3.8) is 0 Å². The number of hydrogen-bond donors (Lipinski definition) is 1. The van der Waals surface area contributed by atoms with Gasteiger partial charge in [-0.2, -0.15) is 0 Å². The van der Waals surface area contributed by atoms with Gasteiger partial charge < -0.3 is 4.74 Å². The van der Waals surface area contributed by atoms with Crippen LogP contribution in [0.4, 0.5) is 10.5 Å². The van der Waals surface area contributed by atoms with Gasteiger partial charge in [-0.3, -0.25) is 15.0 Å². The Balaban J connectivity index is 2.14. The van der Waals surface area contributed by atoms with Crippen LogP contribution in [-0.4, -0.2) is 31.1 Å². The summed E-state index contributed by atoms with van der Waals surface area (Å²) in [6.45, 7) is 4.33. The van der Waals surface area contributed by atoms with Gasteiger partial charge in [0, 0.05) is 24.7 Å². The molecule has 1 aromatic rings. The Hall–Kier alpha value is -2.63. The van der Waals surface area contributed by atoms with Crippen LogP contribution in [0, 0.1) is 6.92 Å². The largest absolute Gasteiger partial charge is 0.463 e. The highest BCUT2D eigenvalue weighted by Crippen LogP contribution is 2.23. The lowest BCUT2D eigenvalue weighted by Crippen LogP contribution is -2.49. The molecule has 6 heteroatoms. The molecule has 22 heavy (non-hydrogen) atoms. The standard InChI is InChI=1S/C16H18N2O4/c1-3-22-15(20)7-5-12-4-6-13(11(2)10-12)18-9-8-14(19)17-16(18)21/h4-7,10H,3,8-9H2,1-2H3,(H,17,19,21). The molecule has 1 aromatic carbocycles. The zero-order valence-corrected chi connectivity index (χ0v) is 12.6. The van der Waals surface area contributed by atoms with E-state index in [1.807, 2.05) is 19.1 Å². The number of imide groups is 1. The second kappa shape index (κ2) is 6.89. The molecule has 3 amide bonds. The van der Waals surface area contributed by atoms with E-state index in [0.717, 1.165) is 16.8 Å². The van der Waals surface area contributed by atoms with Gasteiger partial charge >= 0.3 is 12.0 Å². The van der Waals surface area contributed by atoms with E-state index in [9.17, 15) is 14.4 Å². The lowest BCUT2D eigenvalue weighted by molar-refractivity contribution is -0.137. The number of carbonyl (C=O) groups excluding carboxylic acids is 3. The lowest BCUT2D eigenvalue weighted by Gasteiger charge is -2.28. The molecule has 0 saturated carbocycles. The molecule has 6 nitrogen and oxygen atoms in total. The number of urea groups is 1. The number of nitrogens with one attached hydrogen (secondary N) is 1. The minimum absolute atomic E-state index is 0.257. The van der Waals surface area contributed by atoms with Crippen LogP contribution in [0.5, 0.6) is 0 Å². The third-order valence-electron chi connectivity index (χ3n) is 3.26. The highest BCUT2D eigenvalue weighted by atomic mass is 16.5. The first-order valence-electron chi connectivity index (χ1n) is 7.08. The topological polar surface area (TPSA) is 75.7 Å². The van der Waals surface area contributed by atoms with Gasteiger partial charge in [0.2, 0.25) is 5.91 Å². The van der Waals surface area contributed by atoms with Crippen LogP contribution < -0.4 is 10.2 Å². The Morgan fingerprint density at radius 3 is 2.82 bits per heavy atom. The van der Waals surface area contributed by atoms with Crippen LogP contribution in [-0.2, 0) is 14.3 Å². The van der Waals surface area contributed by atoms with Crippen molar-refractivity contribution < 1.29 is 19.1 Å². The molecule has 0 aliphatic carbocycles. The molecular weight excluding hydrogens is 284 g/mol. The highest BCUT2D eigenvalue weighted by molar-refractivity contribution is 6.06. The van der Waals surface area contributed by atoms with Crippen LogP contribution >= 0.6 is 0 Å². The summed E-state index contributed by atoms with van der Waals surface area (Å²) >= 11 is 0. The second-order valence-corrected chi connectivity index (χ2v) is 4.89. The zero-order valence-electron chi connectivity index (χ0n) is 12.6. The van der Waals surface area contributed by atoms with E-state index in [-0.39, 0.29) is 12.3 Å². The fraction of sp³-hybridized carbons (Fsp3) is 0.312. The predicted octanol–water partition coefficient (Wildman–Crippen LogP) is 2.02. The third kappa shape index (κ3) is 3.72. The highest BCUT2D eigenvalue weighted by Gasteiger charge is 2.25. The number of ether oxygens (including phenoxy) is 1. The molecule has 0 radical (unpaired) electrons. The Bertz CT molecular complexity index is 637. The molecule has 1 N–H and O–H groups in total. The van der Waals surface area contributed by atoms with Gasteiger partial charge in [0.25, 0.3) is 0 Å². The summed E-state index contributed by atoms with van der Waals surface area (Å²) in [6.07, 6.45) is 3.31. The van der Waals surface area contributed by atoms with E-state index in [2.05, 4.69) is 5.32 Å². The van der Waals surface area contributed by atoms with E-state index in [1.165, 1.54) is 11.0 Å². The first-order valence-corrected chi connectivity index (χ1v) is 7.08. The number of nitrogens with zero attached hydrogens (tertiary/aromatic N) is 1. The summed E-state index contributed by atoms with van der Waals surface area (Å²) in [6, 6.07) is 5.07. The Morgan fingerprint density at radius 1 is 1.41 bits per heavy atom. The van der Waals surface area contributed by atoms with Crippen LogP contribution in [0.15, 0.2) is 24.3 Å². The predicted molar refractivity (Wildman–Crippen MR) is 82.3 cm³/mol. The minimum atomic E-state index is -0.408. The zero-order chi connectivity index (χ0) is 16.1. The molecule has 116 valence electrons. The summed E-state index contributed by atoms with van der Waals surface area (Å²) in [5, 5.41) is 2.30. The monoisotopic (exact) mass is 302 g/mol. The van der Waals surface area contributed by atoms with Crippen LogP contribution in [0.2, 0.25) is 0 Å². The summed E-state index contributed by atoms with van der Waals surface area (Å²) in [5.74, 6) is -0.647. The van der Waals surface area contributed by atoms with Gasteiger partial charge in [0.05, 0.1) is 6.61 Å². The van der Waals surface area contributed by atoms with Crippen molar-refractivity contribution in [3.8, 4) is 0 Å². The van der Waals surface area contributed by atoms with Crippen molar-refractivity contribution in [1.29, 1.82) is 0 Å². The van der Waals surface area contributed by atoms with Gasteiger partial charge in [0.15, 0.2) is 0 Å². The maximum atomic E-state index is 11.8. The van der Waals surface area contributed by atoms with E-state index in [4.69, 9.17) is 4.74 Å². The molecular formula is C16H18N2O4. The lowest BCUT2D eigenvalue weighted by atomic mass is 10.1. The molecule has 0 bridgehead atoms. The van der Waals surface area contributed by atoms with Crippen molar-refractivity contribution in [2.45, 2.75) is 20.3 Å². The number of amides is 3. The summed E-state index contributed by atoms with van der Waals surface area (Å²) < 4.78 is 4.82. The van der Waals surface area contributed by atoms with E-state index >= 15 is 0 Å². The Morgan fingerprint density at radius 2 is 2.18 bits per heavy atom. The molecule has 1 saturated heterocycles. The SMILES string of the molecule is CCOC(=O)C=Cc1ccc(N2CCC(=O)NC2=O)c(C)c1. The van der Waals surface area contributed by atoms with E-state index in [0.29, 0.717) is 13.2 Å². The van der Waals surface area contributed by atoms with Gasteiger partial charge in [-0.15, -0.1) is 0 Å². The first-order chi connectivity index (χ1) is 10.5. The number of rotatable bonds is 4.